The molecule has 3 aromatic rings. The van der Waals surface area contributed by atoms with E-state index in [1.807, 2.05) is 19.9 Å². The van der Waals surface area contributed by atoms with E-state index in [1.165, 1.54) is 17.2 Å². The fourth-order valence-corrected chi connectivity index (χ4v) is 5.06. The Labute approximate surface area is 230 Å². The van der Waals surface area contributed by atoms with Crippen molar-refractivity contribution in [2.24, 2.45) is 0 Å². The zero-order chi connectivity index (χ0) is 27.4. The topological polar surface area (TPSA) is 84.9 Å². The molecule has 1 heterocycles. The third-order valence-electron chi connectivity index (χ3n) is 5.96. The van der Waals surface area contributed by atoms with Gasteiger partial charge < -0.3 is 9.47 Å². The van der Waals surface area contributed by atoms with E-state index in [0.717, 1.165) is 20.5 Å². The Morgan fingerprint density at radius 1 is 0.895 bits per heavy atom. The van der Waals surface area contributed by atoms with Crippen LogP contribution in [0.4, 0.5) is 10.5 Å². The molecule has 1 saturated heterocycles. The molecule has 1 aliphatic rings. The summed E-state index contributed by atoms with van der Waals surface area (Å²) in [6.07, 6.45) is 2.12. The zero-order valence-corrected chi connectivity index (χ0v) is 23.3. The van der Waals surface area contributed by atoms with E-state index in [4.69, 9.17) is 9.47 Å². The van der Waals surface area contributed by atoms with Crippen molar-refractivity contribution in [1.29, 1.82) is 0 Å². The molecule has 0 spiro atoms. The number of carbonyl (C=O) groups excluding carboxylic acids is 3. The van der Waals surface area contributed by atoms with Crippen LogP contribution in [0, 0.1) is 13.8 Å². The second-order valence-electron chi connectivity index (χ2n) is 8.97. The molecule has 0 aliphatic carbocycles. The number of benzene rings is 3. The molecule has 4 rings (SSSR count). The smallest absolute Gasteiger partial charge is 0.335 e. The van der Waals surface area contributed by atoms with Crippen LogP contribution >= 0.6 is 15.9 Å². The van der Waals surface area contributed by atoms with Gasteiger partial charge in [0.2, 0.25) is 0 Å². The number of carbonyl (C=O) groups is 3. The van der Waals surface area contributed by atoms with Crippen LogP contribution < -0.4 is 19.7 Å². The first-order chi connectivity index (χ1) is 18.2. The quantitative estimate of drug-likeness (QED) is 0.258. The average molecular weight is 577 g/mol. The van der Waals surface area contributed by atoms with Crippen molar-refractivity contribution in [3.8, 4) is 11.5 Å². The summed E-state index contributed by atoms with van der Waals surface area (Å²) in [5.41, 5.74) is 5.24. The maximum Gasteiger partial charge on any atom is 0.335 e. The molecule has 7 nitrogen and oxygen atoms in total. The van der Waals surface area contributed by atoms with E-state index < -0.39 is 17.8 Å². The number of halogens is 1. The van der Waals surface area contributed by atoms with Crippen molar-refractivity contribution in [2.45, 2.75) is 34.1 Å². The monoisotopic (exact) mass is 576 g/mol. The van der Waals surface area contributed by atoms with E-state index in [1.54, 1.807) is 30.3 Å². The van der Waals surface area contributed by atoms with Crippen LogP contribution in [0.3, 0.4) is 0 Å². The Balaban J connectivity index is 1.69. The van der Waals surface area contributed by atoms with Gasteiger partial charge in [0.15, 0.2) is 0 Å². The number of anilines is 1. The molecule has 8 heteroatoms. The molecule has 1 fully saturated rings. The number of nitrogens with zero attached hydrogens (tertiary/aromatic N) is 1. The van der Waals surface area contributed by atoms with Gasteiger partial charge in [0.05, 0.1) is 18.9 Å². The Kier molecular flexibility index (Phi) is 8.32. The van der Waals surface area contributed by atoms with Gasteiger partial charge in [0, 0.05) is 16.5 Å². The van der Waals surface area contributed by atoms with Crippen molar-refractivity contribution in [1.82, 2.24) is 5.32 Å². The number of rotatable bonds is 8. The molecule has 0 saturated carbocycles. The van der Waals surface area contributed by atoms with E-state index in [9.17, 15) is 14.4 Å². The Bertz CT molecular complexity index is 1410. The van der Waals surface area contributed by atoms with Gasteiger partial charge in [-0.3, -0.25) is 14.9 Å². The number of imide groups is 2. The highest BCUT2D eigenvalue weighted by Crippen LogP contribution is 2.33. The van der Waals surface area contributed by atoms with Crippen LogP contribution in [-0.4, -0.2) is 31.1 Å². The summed E-state index contributed by atoms with van der Waals surface area (Å²) < 4.78 is 12.2. The van der Waals surface area contributed by atoms with Gasteiger partial charge in [-0.1, -0.05) is 45.3 Å². The Hall–Kier alpha value is -3.91. The van der Waals surface area contributed by atoms with E-state index in [2.05, 4.69) is 53.3 Å². The maximum atomic E-state index is 13.3. The van der Waals surface area contributed by atoms with Gasteiger partial charge in [-0.05, 0) is 81.3 Å². The number of aryl methyl sites for hydroxylation is 2. The number of amides is 4. The number of urea groups is 1. The first kappa shape index (κ1) is 27.1. The third kappa shape index (κ3) is 5.97. The minimum absolute atomic E-state index is 0.158. The highest BCUT2D eigenvalue weighted by molar-refractivity contribution is 9.10. The fourth-order valence-electron chi connectivity index (χ4n) is 4.46. The maximum absolute atomic E-state index is 13.3. The number of barbiturate groups is 1. The van der Waals surface area contributed by atoms with Crippen molar-refractivity contribution >= 4 is 45.5 Å². The lowest BCUT2D eigenvalue weighted by atomic mass is 9.98. The zero-order valence-electron chi connectivity index (χ0n) is 21.8. The molecular weight excluding hydrogens is 548 g/mol. The molecule has 0 bridgehead atoms. The fraction of sp³-hybridized carbons (Fsp3) is 0.233. The normalized spacial score (nSPS) is 14.6. The molecule has 3 aromatic carbocycles. The second kappa shape index (κ2) is 11.6. The van der Waals surface area contributed by atoms with Gasteiger partial charge in [0.1, 0.15) is 17.1 Å². The van der Waals surface area contributed by atoms with Crippen LogP contribution in [0.5, 0.6) is 11.5 Å². The molecule has 1 N–H and O–H groups in total. The predicted octanol–water partition coefficient (Wildman–Crippen LogP) is 6.12. The standard InChI is InChI=1S/C30H29BrN2O5/c1-5-37-23-9-7-22(8-10-23)33-29(35)25(28(34)32-30(33)36)15-21-16-26(31)24(27(17-21)38-6-2)14-20-12-18(3)11-19(4)13-20/h7-13,15-17H,5-6,14H2,1-4H3,(H,32,34,36)/b25-15+. The molecule has 196 valence electrons. The molecule has 4 amide bonds. The summed E-state index contributed by atoms with van der Waals surface area (Å²) in [4.78, 5) is 39.5. The summed E-state index contributed by atoms with van der Waals surface area (Å²) >= 11 is 3.66. The number of hydrogen-bond donors (Lipinski definition) is 1. The molecule has 1 aliphatic heterocycles. The predicted molar refractivity (Wildman–Crippen MR) is 151 cm³/mol. The SMILES string of the molecule is CCOc1ccc(N2C(=O)NC(=O)/C(=C\c3cc(Br)c(Cc4cc(C)cc(C)c4)c(OCC)c3)C2=O)cc1. The first-order valence-corrected chi connectivity index (χ1v) is 13.2. The minimum atomic E-state index is -0.804. The van der Waals surface area contributed by atoms with Crippen molar-refractivity contribution in [2.75, 3.05) is 18.1 Å². The highest BCUT2D eigenvalue weighted by atomic mass is 79.9. The van der Waals surface area contributed by atoms with E-state index in [-0.39, 0.29) is 5.57 Å². The first-order valence-electron chi connectivity index (χ1n) is 12.4. The van der Waals surface area contributed by atoms with Gasteiger partial charge in [-0.25, -0.2) is 9.69 Å². The number of nitrogens with one attached hydrogen (secondary N) is 1. The molecule has 0 atom stereocenters. The van der Waals surface area contributed by atoms with Gasteiger partial charge in [-0.2, -0.15) is 0 Å². The highest BCUT2D eigenvalue weighted by Gasteiger charge is 2.36. The third-order valence-corrected chi connectivity index (χ3v) is 6.67. The molecule has 38 heavy (non-hydrogen) atoms. The molecule has 0 aromatic heterocycles. The largest absolute Gasteiger partial charge is 0.494 e. The minimum Gasteiger partial charge on any atom is -0.494 e. The van der Waals surface area contributed by atoms with Crippen LogP contribution in [-0.2, 0) is 16.0 Å². The van der Waals surface area contributed by atoms with Crippen molar-refractivity contribution in [3.05, 3.63) is 92.5 Å². The van der Waals surface area contributed by atoms with Gasteiger partial charge in [-0.15, -0.1) is 0 Å². The van der Waals surface area contributed by atoms with Crippen molar-refractivity contribution in [3.63, 3.8) is 0 Å². The lowest BCUT2D eigenvalue weighted by molar-refractivity contribution is -0.122. The van der Waals surface area contributed by atoms with Gasteiger partial charge >= 0.3 is 6.03 Å². The molecule has 0 unspecified atom stereocenters. The molecular formula is C30H29BrN2O5. The summed E-state index contributed by atoms with van der Waals surface area (Å²) in [5, 5.41) is 2.26. The van der Waals surface area contributed by atoms with Crippen LogP contribution in [0.25, 0.3) is 6.08 Å². The summed E-state index contributed by atoms with van der Waals surface area (Å²) in [7, 11) is 0. The summed E-state index contributed by atoms with van der Waals surface area (Å²) in [5.74, 6) is -0.204. The van der Waals surface area contributed by atoms with E-state index in [0.29, 0.717) is 42.4 Å². The van der Waals surface area contributed by atoms with Crippen molar-refractivity contribution < 1.29 is 23.9 Å². The number of ether oxygens (including phenoxy) is 2. The second-order valence-corrected chi connectivity index (χ2v) is 9.82. The average Bonchev–Trinajstić information content (AvgIpc) is 2.84. The lowest BCUT2D eigenvalue weighted by Crippen LogP contribution is -2.54. The van der Waals surface area contributed by atoms with Crippen LogP contribution in [0.15, 0.2) is 64.6 Å². The summed E-state index contributed by atoms with van der Waals surface area (Å²) in [6.45, 7) is 8.84. The number of hydrogen-bond acceptors (Lipinski definition) is 5. The van der Waals surface area contributed by atoms with E-state index >= 15 is 0 Å². The van der Waals surface area contributed by atoms with Crippen LogP contribution in [0.1, 0.15) is 41.7 Å². The Morgan fingerprint density at radius 2 is 1.55 bits per heavy atom. The Morgan fingerprint density at radius 3 is 2.18 bits per heavy atom. The summed E-state index contributed by atoms with van der Waals surface area (Å²) in [6, 6.07) is 15.8. The van der Waals surface area contributed by atoms with Crippen LogP contribution in [0.2, 0.25) is 0 Å². The molecule has 0 radical (unpaired) electrons. The van der Waals surface area contributed by atoms with Gasteiger partial charge in [0.25, 0.3) is 11.8 Å². The lowest BCUT2D eigenvalue weighted by Gasteiger charge is -2.26.